The third-order valence-electron chi connectivity index (χ3n) is 2.06. The lowest BCUT2D eigenvalue weighted by Crippen LogP contribution is -2.24. The molecule has 1 unspecified atom stereocenters. The molecule has 0 fully saturated rings. The van der Waals surface area contributed by atoms with E-state index in [-0.39, 0.29) is 0 Å². The van der Waals surface area contributed by atoms with Gasteiger partial charge in [-0.25, -0.2) is 0 Å². The Morgan fingerprint density at radius 2 is 2.33 bits per heavy atom. The molecule has 15 heavy (non-hydrogen) atoms. The minimum absolute atomic E-state index is 0.337. The molecule has 0 aliphatic carbocycles. The molecular weight excluding hydrogens is 273 g/mol. The van der Waals surface area contributed by atoms with Crippen LogP contribution in [0.4, 0.5) is 0 Å². The van der Waals surface area contributed by atoms with Gasteiger partial charge in [-0.05, 0) is 40.5 Å². The minimum Gasteiger partial charge on any atom is -0.309 e. The third kappa shape index (κ3) is 4.25. The number of hydrogen-bond acceptors (Lipinski definition) is 1. The summed E-state index contributed by atoms with van der Waals surface area (Å²) < 4.78 is 0.924. The number of hydrogen-bond donors (Lipinski definition) is 1. The minimum atomic E-state index is 0.337. The van der Waals surface area contributed by atoms with Crippen LogP contribution in [0, 0.1) is 12.3 Å². The number of halogens is 2. The van der Waals surface area contributed by atoms with Crippen LogP contribution in [0.1, 0.15) is 18.9 Å². The molecule has 0 radical (unpaired) electrons. The quantitative estimate of drug-likeness (QED) is 0.834. The average Bonchev–Trinajstić information content (AvgIpc) is 2.20. The SMILES string of the molecule is C#CCC(C)NCc1ccc(Cl)c(Br)c1. The summed E-state index contributed by atoms with van der Waals surface area (Å²) in [6.07, 6.45) is 5.97. The van der Waals surface area contributed by atoms with Gasteiger partial charge in [-0.1, -0.05) is 17.7 Å². The molecule has 1 nitrogen and oxygen atoms in total. The van der Waals surface area contributed by atoms with Crippen LogP contribution < -0.4 is 5.32 Å². The van der Waals surface area contributed by atoms with Crippen molar-refractivity contribution in [2.24, 2.45) is 0 Å². The second-order valence-corrected chi connectivity index (χ2v) is 4.70. The van der Waals surface area contributed by atoms with E-state index in [0.717, 1.165) is 22.5 Å². The zero-order chi connectivity index (χ0) is 11.3. The molecule has 1 N–H and O–H groups in total. The van der Waals surface area contributed by atoms with Gasteiger partial charge in [0.15, 0.2) is 0 Å². The highest BCUT2D eigenvalue weighted by atomic mass is 79.9. The van der Waals surface area contributed by atoms with E-state index in [1.165, 1.54) is 5.56 Å². The van der Waals surface area contributed by atoms with Crippen molar-refractivity contribution < 1.29 is 0 Å². The zero-order valence-corrected chi connectivity index (χ0v) is 10.9. The fourth-order valence-corrected chi connectivity index (χ4v) is 1.73. The molecule has 1 atom stereocenters. The maximum absolute atomic E-state index is 5.90. The van der Waals surface area contributed by atoms with Gasteiger partial charge in [-0.3, -0.25) is 0 Å². The molecule has 80 valence electrons. The lowest BCUT2D eigenvalue weighted by Gasteiger charge is -2.11. The Hall–Kier alpha value is -0.490. The van der Waals surface area contributed by atoms with Gasteiger partial charge >= 0.3 is 0 Å². The summed E-state index contributed by atoms with van der Waals surface area (Å²) in [5, 5.41) is 4.07. The largest absolute Gasteiger partial charge is 0.309 e. The zero-order valence-electron chi connectivity index (χ0n) is 8.56. The van der Waals surface area contributed by atoms with Crippen LogP contribution >= 0.6 is 27.5 Å². The Labute approximate surface area is 104 Å². The maximum atomic E-state index is 5.90. The Morgan fingerprint density at radius 1 is 1.60 bits per heavy atom. The van der Waals surface area contributed by atoms with Gasteiger partial charge in [-0.2, -0.15) is 0 Å². The monoisotopic (exact) mass is 285 g/mol. The first kappa shape index (κ1) is 12.6. The number of benzene rings is 1. The molecule has 0 amide bonds. The molecule has 0 aliphatic rings. The maximum Gasteiger partial charge on any atom is 0.0548 e. The molecular formula is C12H13BrClN. The van der Waals surface area contributed by atoms with Crippen molar-refractivity contribution in [3.63, 3.8) is 0 Å². The van der Waals surface area contributed by atoms with Crippen LogP contribution in [0.5, 0.6) is 0 Å². The van der Waals surface area contributed by atoms with Crippen LogP contribution in [0.15, 0.2) is 22.7 Å². The van der Waals surface area contributed by atoms with Crippen molar-refractivity contribution in [1.82, 2.24) is 5.32 Å². The van der Waals surface area contributed by atoms with E-state index in [4.69, 9.17) is 18.0 Å². The van der Waals surface area contributed by atoms with Gasteiger partial charge in [0.1, 0.15) is 0 Å². The Balaban J connectivity index is 2.51. The lowest BCUT2D eigenvalue weighted by atomic mass is 10.2. The molecule has 0 heterocycles. The van der Waals surface area contributed by atoms with Gasteiger partial charge in [0.25, 0.3) is 0 Å². The lowest BCUT2D eigenvalue weighted by molar-refractivity contribution is 0.559. The first-order chi connectivity index (χ1) is 7.13. The molecule has 1 aromatic carbocycles. The van der Waals surface area contributed by atoms with E-state index in [2.05, 4.69) is 34.1 Å². The number of terminal acetylenes is 1. The fraction of sp³-hybridized carbons (Fsp3) is 0.333. The highest BCUT2D eigenvalue weighted by Gasteiger charge is 2.01. The van der Waals surface area contributed by atoms with Crippen molar-refractivity contribution in [3.8, 4) is 12.3 Å². The molecule has 0 bridgehead atoms. The van der Waals surface area contributed by atoms with Gasteiger partial charge in [0.05, 0.1) is 5.02 Å². The van der Waals surface area contributed by atoms with E-state index in [1.54, 1.807) is 0 Å². The van der Waals surface area contributed by atoms with E-state index in [0.29, 0.717) is 6.04 Å². The Bertz CT molecular complexity index is 370. The second kappa shape index (κ2) is 6.17. The van der Waals surface area contributed by atoms with Crippen LogP contribution in [0.2, 0.25) is 5.02 Å². The fourth-order valence-electron chi connectivity index (χ4n) is 1.19. The summed E-state index contributed by atoms with van der Waals surface area (Å²) >= 11 is 9.29. The summed E-state index contributed by atoms with van der Waals surface area (Å²) in [6.45, 7) is 2.88. The van der Waals surface area contributed by atoms with E-state index in [1.807, 2.05) is 18.2 Å². The number of rotatable bonds is 4. The highest BCUT2D eigenvalue weighted by Crippen LogP contribution is 2.23. The van der Waals surface area contributed by atoms with Crippen LogP contribution in [-0.4, -0.2) is 6.04 Å². The first-order valence-corrected chi connectivity index (χ1v) is 5.91. The highest BCUT2D eigenvalue weighted by molar-refractivity contribution is 9.10. The van der Waals surface area contributed by atoms with Gasteiger partial charge in [0, 0.05) is 23.5 Å². The van der Waals surface area contributed by atoms with Crippen molar-refractivity contribution >= 4 is 27.5 Å². The average molecular weight is 287 g/mol. The summed E-state index contributed by atoms with van der Waals surface area (Å²) in [6, 6.07) is 6.24. The summed E-state index contributed by atoms with van der Waals surface area (Å²) in [5.41, 5.74) is 1.19. The summed E-state index contributed by atoms with van der Waals surface area (Å²) in [7, 11) is 0. The summed E-state index contributed by atoms with van der Waals surface area (Å²) in [4.78, 5) is 0. The predicted molar refractivity (Wildman–Crippen MR) is 68.9 cm³/mol. The van der Waals surface area contributed by atoms with Crippen LogP contribution in [0.3, 0.4) is 0 Å². The molecule has 0 saturated carbocycles. The molecule has 0 spiro atoms. The van der Waals surface area contributed by atoms with Crippen molar-refractivity contribution in [1.29, 1.82) is 0 Å². The third-order valence-corrected chi connectivity index (χ3v) is 3.28. The standard InChI is InChI=1S/C12H13BrClN/c1-3-4-9(2)15-8-10-5-6-12(14)11(13)7-10/h1,5-7,9,15H,4,8H2,2H3. The molecule has 1 rings (SSSR count). The normalized spacial score (nSPS) is 12.1. The van der Waals surface area contributed by atoms with Crippen molar-refractivity contribution in [2.75, 3.05) is 0 Å². The molecule has 3 heteroatoms. The van der Waals surface area contributed by atoms with E-state index >= 15 is 0 Å². The second-order valence-electron chi connectivity index (χ2n) is 3.44. The Kier molecular flexibility index (Phi) is 5.17. The molecule has 0 aromatic heterocycles. The Morgan fingerprint density at radius 3 is 2.93 bits per heavy atom. The van der Waals surface area contributed by atoms with Crippen LogP contribution in [0.25, 0.3) is 0 Å². The predicted octanol–water partition coefficient (Wildman–Crippen LogP) is 3.60. The topological polar surface area (TPSA) is 12.0 Å². The molecule has 0 aliphatic heterocycles. The van der Waals surface area contributed by atoms with Gasteiger partial charge in [0.2, 0.25) is 0 Å². The smallest absolute Gasteiger partial charge is 0.0548 e. The van der Waals surface area contributed by atoms with Crippen molar-refractivity contribution in [2.45, 2.75) is 25.9 Å². The summed E-state index contributed by atoms with van der Waals surface area (Å²) in [5.74, 6) is 2.63. The van der Waals surface area contributed by atoms with Gasteiger partial charge in [-0.15, -0.1) is 12.3 Å². The van der Waals surface area contributed by atoms with Crippen LogP contribution in [-0.2, 0) is 6.54 Å². The van der Waals surface area contributed by atoms with E-state index in [9.17, 15) is 0 Å². The molecule has 1 aromatic rings. The van der Waals surface area contributed by atoms with Crippen molar-refractivity contribution in [3.05, 3.63) is 33.3 Å². The van der Waals surface area contributed by atoms with E-state index < -0.39 is 0 Å². The van der Waals surface area contributed by atoms with Gasteiger partial charge < -0.3 is 5.32 Å². The number of nitrogens with one attached hydrogen (secondary N) is 1. The first-order valence-electron chi connectivity index (χ1n) is 4.74. The molecule has 0 saturated heterocycles.